The number of para-hydroxylation sites is 1. The fourth-order valence-corrected chi connectivity index (χ4v) is 8.97. The minimum atomic E-state index is -1.12. The average Bonchev–Trinajstić information content (AvgIpc) is 3.66. The number of aryl methyl sites for hydroxylation is 3. The second-order valence-electron chi connectivity index (χ2n) is 15.8. The van der Waals surface area contributed by atoms with E-state index in [2.05, 4.69) is 37.1 Å². The second-order valence-corrected chi connectivity index (χ2v) is 15.8. The molecule has 9 rings (SSSR count). The van der Waals surface area contributed by atoms with E-state index in [0.717, 1.165) is 43.9 Å². The van der Waals surface area contributed by atoms with E-state index in [1.807, 2.05) is 63.4 Å². The standard InChI is InChI=1S/C43H45N11O5/c1-23-8-7-9-24(2)36(23)47-37-31-22-44-43(48-38(31)51(4)50-37)49-39-29-11-6-5-10-26(29)14-19-53(39)33-21-28(52-17-15-27(16-18-52)45-25(3)55)20-30-35(33)42(59)54(41(30)58)32-12-13-34(56)46-40(32)57/h5-11,20-22,27,32,39H,12-19H2,1-4H3,(H,45,55)(H,47,50)(H,44,48,49)(H,46,56,57). The molecular formula is C43H45N11O5. The largest absolute Gasteiger partial charge is 0.371 e. The highest BCUT2D eigenvalue weighted by molar-refractivity contribution is 6.26. The van der Waals surface area contributed by atoms with Crippen LogP contribution in [0.3, 0.4) is 0 Å². The highest BCUT2D eigenvalue weighted by Crippen LogP contribution is 2.43. The van der Waals surface area contributed by atoms with Gasteiger partial charge in [0.2, 0.25) is 23.7 Å². The molecular weight excluding hydrogens is 751 g/mol. The molecule has 59 heavy (non-hydrogen) atoms. The highest BCUT2D eigenvalue weighted by atomic mass is 16.2. The SMILES string of the molecule is CC(=O)NC1CCN(c2cc3c(c(N4CCc5ccccc5C4Nc4ncc5c(Nc6c(C)cccc6C)nn(C)c5n4)c2)C(=O)N(C2CCC(=O)NC2=O)C3=O)CC1. The summed E-state index contributed by atoms with van der Waals surface area (Å²) in [5, 5.41) is 17.9. The first kappa shape index (κ1) is 37.7. The summed E-state index contributed by atoms with van der Waals surface area (Å²) in [6.07, 6.45) is 3.31. The van der Waals surface area contributed by atoms with Crippen LogP contribution in [-0.4, -0.2) is 85.9 Å². The van der Waals surface area contributed by atoms with E-state index in [4.69, 9.17) is 15.1 Å². The quantitative estimate of drug-likeness (QED) is 0.163. The van der Waals surface area contributed by atoms with Crippen molar-refractivity contribution >= 4 is 69.4 Å². The van der Waals surface area contributed by atoms with Crippen molar-refractivity contribution in [1.29, 1.82) is 0 Å². The number of hydrogen-bond donors (Lipinski definition) is 4. The predicted molar refractivity (Wildman–Crippen MR) is 222 cm³/mol. The van der Waals surface area contributed by atoms with Crippen LogP contribution >= 0.6 is 0 Å². The summed E-state index contributed by atoms with van der Waals surface area (Å²) in [5.41, 5.74) is 7.51. The smallest absolute Gasteiger partial charge is 0.264 e. The van der Waals surface area contributed by atoms with Gasteiger partial charge in [-0.1, -0.05) is 42.5 Å². The molecule has 6 heterocycles. The van der Waals surface area contributed by atoms with Crippen LogP contribution in [0.5, 0.6) is 0 Å². The van der Waals surface area contributed by atoms with Gasteiger partial charge in [0.15, 0.2) is 11.5 Å². The summed E-state index contributed by atoms with van der Waals surface area (Å²) >= 11 is 0. The summed E-state index contributed by atoms with van der Waals surface area (Å²) in [5.74, 6) is -1.37. The molecule has 2 unspecified atom stereocenters. The number of rotatable bonds is 8. The molecule has 0 saturated carbocycles. The Labute approximate surface area is 340 Å². The molecule has 4 aliphatic rings. The van der Waals surface area contributed by atoms with Crippen LogP contribution in [0.1, 0.15) is 81.7 Å². The number of imide groups is 2. The van der Waals surface area contributed by atoms with Crippen molar-refractivity contribution in [2.75, 3.05) is 40.1 Å². The Morgan fingerprint density at radius 1 is 0.898 bits per heavy atom. The molecule has 2 atom stereocenters. The number of nitrogens with one attached hydrogen (secondary N) is 4. The molecule has 16 heteroatoms. The summed E-state index contributed by atoms with van der Waals surface area (Å²) in [7, 11) is 1.84. The lowest BCUT2D eigenvalue weighted by atomic mass is 9.94. The normalized spacial score (nSPS) is 19.5. The number of anilines is 5. The van der Waals surface area contributed by atoms with Crippen molar-refractivity contribution < 1.29 is 24.0 Å². The molecule has 0 aliphatic carbocycles. The molecule has 5 aromatic rings. The van der Waals surface area contributed by atoms with Crippen molar-refractivity contribution in [2.45, 2.75) is 71.1 Å². The molecule has 5 amide bonds. The second kappa shape index (κ2) is 14.8. The third-order valence-electron chi connectivity index (χ3n) is 11.9. The van der Waals surface area contributed by atoms with Crippen LogP contribution in [-0.2, 0) is 27.9 Å². The molecule has 2 saturated heterocycles. The van der Waals surface area contributed by atoms with Gasteiger partial charge in [0.25, 0.3) is 11.8 Å². The zero-order valence-corrected chi connectivity index (χ0v) is 33.3. The van der Waals surface area contributed by atoms with Gasteiger partial charge in [0.05, 0.1) is 22.2 Å². The number of piperidine rings is 2. The zero-order valence-electron chi connectivity index (χ0n) is 33.3. The molecule has 302 valence electrons. The Kier molecular flexibility index (Phi) is 9.48. The van der Waals surface area contributed by atoms with Gasteiger partial charge in [-0.2, -0.15) is 10.1 Å². The van der Waals surface area contributed by atoms with Gasteiger partial charge in [0.1, 0.15) is 12.2 Å². The number of fused-ring (bicyclic) bond motifs is 3. The molecule has 0 radical (unpaired) electrons. The van der Waals surface area contributed by atoms with E-state index in [1.165, 1.54) is 6.92 Å². The van der Waals surface area contributed by atoms with Crippen molar-refractivity contribution in [3.63, 3.8) is 0 Å². The van der Waals surface area contributed by atoms with Gasteiger partial charge in [-0.15, -0.1) is 0 Å². The maximum Gasteiger partial charge on any atom is 0.264 e. The number of carbonyl (C=O) groups excluding carboxylic acids is 5. The summed E-state index contributed by atoms with van der Waals surface area (Å²) in [6, 6.07) is 16.8. The first-order chi connectivity index (χ1) is 28.4. The minimum Gasteiger partial charge on any atom is -0.371 e. The Morgan fingerprint density at radius 2 is 1.66 bits per heavy atom. The lowest BCUT2D eigenvalue weighted by Gasteiger charge is -2.41. The first-order valence-corrected chi connectivity index (χ1v) is 20.0. The molecule has 3 aromatic carbocycles. The van der Waals surface area contributed by atoms with Gasteiger partial charge in [-0.25, -0.2) is 9.67 Å². The van der Waals surface area contributed by atoms with Gasteiger partial charge in [-0.3, -0.25) is 34.2 Å². The van der Waals surface area contributed by atoms with Crippen LogP contribution < -0.4 is 31.1 Å². The highest BCUT2D eigenvalue weighted by Gasteiger charge is 2.47. The van der Waals surface area contributed by atoms with E-state index in [9.17, 15) is 24.0 Å². The van der Waals surface area contributed by atoms with E-state index >= 15 is 0 Å². The molecule has 16 nitrogen and oxygen atoms in total. The average molecular weight is 796 g/mol. The fraction of sp³-hybridized carbons (Fsp3) is 0.349. The van der Waals surface area contributed by atoms with E-state index in [1.54, 1.807) is 16.9 Å². The monoisotopic (exact) mass is 795 g/mol. The minimum absolute atomic E-state index is 0.0180. The van der Waals surface area contributed by atoms with Crippen LogP contribution in [0.2, 0.25) is 0 Å². The maximum atomic E-state index is 14.6. The summed E-state index contributed by atoms with van der Waals surface area (Å²) in [4.78, 5) is 81.0. The van der Waals surface area contributed by atoms with Crippen LogP contribution in [0.15, 0.2) is 60.8 Å². The van der Waals surface area contributed by atoms with Crippen molar-refractivity contribution in [3.05, 3.63) is 94.2 Å². The van der Waals surface area contributed by atoms with Crippen molar-refractivity contribution in [2.24, 2.45) is 7.05 Å². The number of hydrogen-bond acceptors (Lipinski definition) is 12. The zero-order chi connectivity index (χ0) is 41.1. The summed E-state index contributed by atoms with van der Waals surface area (Å²) in [6.45, 7) is 7.32. The Hall–Kier alpha value is -6.84. The third-order valence-corrected chi connectivity index (χ3v) is 11.9. The molecule has 2 aromatic heterocycles. The fourth-order valence-electron chi connectivity index (χ4n) is 8.97. The number of benzene rings is 3. The molecule has 0 bridgehead atoms. The number of aromatic nitrogens is 4. The predicted octanol–water partition coefficient (Wildman–Crippen LogP) is 4.40. The lowest BCUT2D eigenvalue weighted by molar-refractivity contribution is -0.136. The van der Waals surface area contributed by atoms with Crippen molar-refractivity contribution in [1.82, 2.24) is 35.3 Å². The van der Waals surface area contributed by atoms with E-state index < -0.39 is 35.8 Å². The number of amides is 5. The number of carbonyl (C=O) groups is 5. The van der Waals surface area contributed by atoms with E-state index in [-0.39, 0.29) is 35.9 Å². The van der Waals surface area contributed by atoms with Crippen molar-refractivity contribution in [3.8, 4) is 0 Å². The first-order valence-electron chi connectivity index (χ1n) is 20.0. The maximum absolute atomic E-state index is 14.6. The van der Waals surface area contributed by atoms with Gasteiger partial charge in [-0.05, 0) is 73.9 Å². The Balaban J connectivity index is 1.11. The van der Waals surface area contributed by atoms with E-state index in [0.29, 0.717) is 62.0 Å². The van der Waals surface area contributed by atoms with Crippen LogP contribution in [0.4, 0.5) is 28.8 Å². The topological polar surface area (TPSA) is 187 Å². The lowest BCUT2D eigenvalue weighted by Crippen LogP contribution is -2.54. The number of nitrogens with zero attached hydrogens (tertiary/aromatic N) is 7. The third kappa shape index (κ3) is 6.77. The molecule has 4 aliphatic heterocycles. The summed E-state index contributed by atoms with van der Waals surface area (Å²) < 4.78 is 1.71. The molecule has 2 fully saturated rings. The van der Waals surface area contributed by atoms with Gasteiger partial charge in [0, 0.05) is 63.6 Å². The van der Waals surface area contributed by atoms with Crippen LogP contribution in [0, 0.1) is 13.8 Å². The van der Waals surface area contributed by atoms with Crippen LogP contribution in [0.25, 0.3) is 11.0 Å². The Morgan fingerprint density at radius 3 is 2.41 bits per heavy atom. The van der Waals surface area contributed by atoms with Gasteiger partial charge < -0.3 is 25.8 Å². The molecule has 4 N–H and O–H groups in total. The Bertz CT molecular complexity index is 2560. The molecule has 0 spiro atoms. The van der Waals surface area contributed by atoms with Gasteiger partial charge >= 0.3 is 0 Å².